The molecule has 2 N–H and O–H groups in total. The SMILES string of the molecule is CSC(C)C(=O)Nc1cccc(CSCC(=O)O)c1. The summed E-state index contributed by atoms with van der Waals surface area (Å²) in [5.41, 5.74) is 1.75. The zero-order valence-corrected chi connectivity index (χ0v) is 12.5. The first-order valence-corrected chi connectivity index (χ1v) is 8.19. The number of carboxylic acid groups (broad SMARTS) is 1. The predicted octanol–water partition coefficient (Wildman–Crippen LogP) is 2.69. The van der Waals surface area contributed by atoms with E-state index in [4.69, 9.17) is 5.11 Å². The maximum Gasteiger partial charge on any atom is 0.313 e. The van der Waals surface area contributed by atoms with Crippen LogP contribution in [0.5, 0.6) is 0 Å². The molecule has 0 saturated carbocycles. The highest BCUT2D eigenvalue weighted by molar-refractivity contribution is 8.00. The van der Waals surface area contributed by atoms with Gasteiger partial charge in [0.1, 0.15) is 0 Å². The zero-order chi connectivity index (χ0) is 14.3. The Morgan fingerprint density at radius 2 is 2.16 bits per heavy atom. The quantitative estimate of drug-likeness (QED) is 0.810. The van der Waals surface area contributed by atoms with Crippen molar-refractivity contribution in [1.29, 1.82) is 0 Å². The van der Waals surface area contributed by atoms with E-state index < -0.39 is 5.97 Å². The summed E-state index contributed by atoms with van der Waals surface area (Å²) in [5.74, 6) is -0.139. The maximum atomic E-state index is 11.7. The van der Waals surface area contributed by atoms with E-state index in [2.05, 4.69) is 5.32 Å². The molecule has 1 unspecified atom stereocenters. The van der Waals surface area contributed by atoms with Crippen molar-refractivity contribution >= 4 is 41.1 Å². The monoisotopic (exact) mass is 299 g/mol. The van der Waals surface area contributed by atoms with Crippen LogP contribution in [-0.4, -0.2) is 34.2 Å². The van der Waals surface area contributed by atoms with Gasteiger partial charge < -0.3 is 10.4 Å². The Hall–Kier alpha value is -1.14. The number of carbonyl (C=O) groups is 2. The van der Waals surface area contributed by atoms with Gasteiger partial charge >= 0.3 is 5.97 Å². The van der Waals surface area contributed by atoms with Gasteiger partial charge in [-0.3, -0.25) is 9.59 Å². The lowest BCUT2D eigenvalue weighted by Crippen LogP contribution is -2.22. The smallest absolute Gasteiger partial charge is 0.313 e. The van der Waals surface area contributed by atoms with Crippen molar-refractivity contribution in [2.24, 2.45) is 0 Å². The Kier molecular flexibility index (Phi) is 6.80. The molecule has 19 heavy (non-hydrogen) atoms. The van der Waals surface area contributed by atoms with Crippen LogP contribution >= 0.6 is 23.5 Å². The molecule has 104 valence electrons. The minimum Gasteiger partial charge on any atom is -0.481 e. The number of carbonyl (C=O) groups excluding carboxylic acids is 1. The van der Waals surface area contributed by atoms with Crippen molar-refractivity contribution in [3.05, 3.63) is 29.8 Å². The van der Waals surface area contributed by atoms with Gasteiger partial charge in [0.05, 0.1) is 11.0 Å². The highest BCUT2D eigenvalue weighted by Crippen LogP contribution is 2.17. The third kappa shape index (κ3) is 6.02. The highest BCUT2D eigenvalue weighted by atomic mass is 32.2. The predicted molar refractivity (Wildman–Crippen MR) is 81.8 cm³/mol. The van der Waals surface area contributed by atoms with Crippen LogP contribution in [0.25, 0.3) is 0 Å². The summed E-state index contributed by atoms with van der Waals surface area (Å²) in [6, 6.07) is 7.48. The largest absolute Gasteiger partial charge is 0.481 e. The summed E-state index contributed by atoms with van der Waals surface area (Å²) in [4.78, 5) is 22.2. The van der Waals surface area contributed by atoms with Crippen molar-refractivity contribution < 1.29 is 14.7 Å². The van der Waals surface area contributed by atoms with Crippen LogP contribution in [0.4, 0.5) is 5.69 Å². The Balaban J connectivity index is 2.56. The van der Waals surface area contributed by atoms with E-state index in [0.29, 0.717) is 5.75 Å². The van der Waals surface area contributed by atoms with Gasteiger partial charge in [0.2, 0.25) is 5.91 Å². The van der Waals surface area contributed by atoms with E-state index in [-0.39, 0.29) is 16.9 Å². The minimum atomic E-state index is -0.816. The standard InChI is InChI=1S/C13H17NO3S2/c1-9(18-2)13(17)14-11-5-3-4-10(6-11)7-19-8-12(15)16/h3-6,9H,7-8H2,1-2H3,(H,14,17)(H,15,16). The minimum absolute atomic E-state index is 0.0251. The van der Waals surface area contributed by atoms with Crippen LogP contribution in [0.2, 0.25) is 0 Å². The molecule has 0 saturated heterocycles. The lowest BCUT2D eigenvalue weighted by atomic mass is 10.2. The lowest BCUT2D eigenvalue weighted by Gasteiger charge is -2.10. The number of hydrogen-bond donors (Lipinski definition) is 2. The van der Waals surface area contributed by atoms with Gasteiger partial charge in [0.15, 0.2) is 0 Å². The molecular formula is C13H17NO3S2. The van der Waals surface area contributed by atoms with Crippen LogP contribution < -0.4 is 5.32 Å². The van der Waals surface area contributed by atoms with Crippen LogP contribution in [0, 0.1) is 0 Å². The highest BCUT2D eigenvalue weighted by Gasteiger charge is 2.11. The molecule has 0 spiro atoms. The Morgan fingerprint density at radius 1 is 1.42 bits per heavy atom. The molecule has 1 aromatic rings. The van der Waals surface area contributed by atoms with Crippen LogP contribution in [0.3, 0.4) is 0 Å². The van der Waals surface area contributed by atoms with Crippen molar-refractivity contribution in [2.45, 2.75) is 17.9 Å². The van der Waals surface area contributed by atoms with Crippen LogP contribution in [0.1, 0.15) is 12.5 Å². The molecule has 0 radical (unpaired) electrons. The van der Waals surface area contributed by atoms with Crippen LogP contribution in [0.15, 0.2) is 24.3 Å². The number of anilines is 1. The van der Waals surface area contributed by atoms with Crippen molar-refractivity contribution in [2.75, 3.05) is 17.3 Å². The molecule has 1 rings (SSSR count). The second kappa shape index (κ2) is 8.12. The van der Waals surface area contributed by atoms with Gasteiger partial charge in [-0.2, -0.15) is 11.8 Å². The van der Waals surface area contributed by atoms with E-state index in [0.717, 1.165) is 11.3 Å². The van der Waals surface area contributed by atoms with E-state index in [1.807, 2.05) is 37.4 Å². The second-order valence-corrected chi connectivity index (χ2v) is 6.12. The van der Waals surface area contributed by atoms with Crippen molar-refractivity contribution in [3.8, 4) is 0 Å². The molecule has 0 fully saturated rings. The zero-order valence-electron chi connectivity index (χ0n) is 10.9. The number of aliphatic carboxylic acids is 1. The first-order chi connectivity index (χ1) is 9.02. The number of thioether (sulfide) groups is 2. The molecule has 1 atom stereocenters. The van der Waals surface area contributed by atoms with Gasteiger partial charge in [-0.15, -0.1) is 11.8 Å². The molecule has 1 amide bonds. The number of benzene rings is 1. The molecule has 0 heterocycles. The molecule has 0 aliphatic heterocycles. The third-order valence-electron chi connectivity index (χ3n) is 2.41. The fourth-order valence-corrected chi connectivity index (χ4v) is 2.31. The molecule has 4 nitrogen and oxygen atoms in total. The number of nitrogens with one attached hydrogen (secondary N) is 1. The van der Waals surface area contributed by atoms with Crippen molar-refractivity contribution in [1.82, 2.24) is 0 Å². The first-order valence-electron chi connectivity index (χ1n) is 5.75. The second-order valence-electron chi connectivity index (χ2n) is 3.95. The molecule has 0 aromatic heterocycles. The van der Waals surface area contributed by atoms with Gasteiger partial charge in [-0.05, 0) is 30.9 Å². The number of amides is 1. The molecule has 0 aliphatic rings. The Bertz CT molecular complexity index is 451. The maximum absolute atomic E-state index is 11.7. The van der Waals surface area contributed by atoms with Gasteiger partial charge in [-0.1, -0.05) is 12.1 Å². The summed E-state index contributed by atoms with van der Waals surface area (Å²) >= 11 is 2.83. The fraction of sp³-hybridized carbons (Fsp3) is 0.385. The molecule has 0 bridgehead atoms. The fourth-order valence-electron chi connectivity index (χ4n) is 1.35. The van der Waals surface area contributed by atoms with Gasteiger partial charge in [0.25, 0.3) is 0 Å². The molecule has 0 aliphatic carbocycles. The van der Waals surface area contributed by atoms with E-state index in [9.17, 15) is 9.59 Å². The summed E-state index contributed by atoms with van der Waals surface area (Å²) in [7, 11) is 0. The average molecular weight is 299 g/mol. The van der Waals surface area contributed by atoms with Crippen LogP contribution in [-0.2, 0) is 15.3 Å². The van der Waals surface area contributed by atoms with Crippen molar-refractivity contribution in [3.63, 3.8) is 0 Å². The first kappa shape index (κ1) is 15.9. The van der Waals surface area contributed by atoms with Gasteiger partial charge in [0, 0.05) is 11.4 Å². The third-order valence-corrected chi connectivity index (χ3v) is 4.32. The summed E-state index contributed by atoms with van der Waals surface area (Å²) in [6.07, 6.45) is 1.89. The number of rotatable bonds is 7. The molecular weight excluding hydrogens is 282 g/mol. The molecule has 1 aromatic carbocycles. The topological polar surface area (TPSA) is 66.4 Å². The summed E-state index contributed by atoms with van der Waals surface area (Å²) in [5, 5.41) is 11.3. The average Bonchev–Trinajstić information content (AvgIpc) is 2.37. The number of hydrogen-bond acceptors (Lipinski definition) is 4. The summed E-state index contributed by atoms with van der Waals surface area (Å²) in [6.45, 7) is 1.85. The Morgan fingerprint density at radius 3 is 2.79 bits per heavy atom. The van der Waals surface area contributed by atoms with E-state index >= 15 is 0 Å². The molecule has 6 heteroatoms. The van der Waals surface area contributed by atoms with Gasteiger partial charge in [-0.25, -0.2) is 0 Å². The van der Waals surface area contributed by atoms with E-state index in [1.54, 1.807) is 0 Å². The summed E-state index contributed by atoms with van der Waals surface area (Å²) < 4.78 is 0. The Labute approximate surface area is 121 Å². The normalized spacial score (nSPS) is 11.9. The lowest BCUT2D eigenvalue weighted by molar-refractivity contribution is -0.133. The van der Waals surface area contributed by atoms with E-state index in [1.165, 1.54) is 23.5 Å². The number of carboxylic acids is 1.